The van der Waals surface area contributed by atoms with Gasteiger partial charge >= 0.3 is 0 Å². The van der Waals surface area contributed by atoms with Crippen LogP contribution in [0.4, 0.5) is 0 Å². The van der Waals surface area contributed by atoms with Crippen LogP contribution in [0.3, 0.4) is 0 Å². The Morgan fingerprint density at radius 2 is 2.24 bits per heavy atom. The van der Waals surface area contributed by atoms with Gasteiger partial charge < -0.3 is 14.5 Å². The fourth-order valence-electron chi connectivity index (χ4n) is 2.09. The van der Waals surface area contributed by atoms with E-state index >= 15 is 0 Å². The molecular formula is C13H14N2O2. The molecule has 0 spiro atoms. The summed E-state index contributed by atoms with van der Waals surface area (Å²) in [6.07, 6.45) is 3.32. The lowest BCUT2D eigenvalue weighted by molar-refractivity contribution is 0.0279. The monoisotopic (exact) mass is 230 g/mol. The fourth-order valence-corrected chi connectivity index (χ4v) is 2.09. The zero-order valence-electron chi connectivity index (χ0n) is 9.43. The first kappa shape index (κ1) is 10.5. The zero-order valence-corrected chi connectivity index (χ0v) is 9.43. The van der Waals surface area contributed by atoms with Gasteiger partial charge in [-0.25, -0.2) is 4.98 Å². The SMILES string of the molecule is c1ccc(C2CNCCO2)c(-c2ncco2)c1. The van der Waals surface area contributed by atoms with Crippen LogP contribution in [0.15, 0.2) is 41.1 Å². The third-order valence-corrected chi connectivity index (χ3v) is 2.90. The number of aromatic nitrogens is 1. The van der Waals surface area contributed by atoms with Crippen LogP contribution in [0.2, 0.25) is 0 Å². The molecule has 0 amide bonds. The molecule has 3 rings (SSSR count). The Kier molecular flexibility index (Phi) is 2.90. The van der Waals surface area contributed by atoms with Crippen molar-refractivity contribution in [2.75, 3.05) is 19.7 Å². The second-order valence-electron chi connectivity index (χ2n) is 3.99. The van der Waals surface area contributed by atoms with Crippen molar-refractivity contribution in [2.24, 2.45) is 0 Å². The average molecular weight is 230 g/mol. The van der Waals surface area contributed by atoms with Gasteiger partial charge in [0.1, 0.15) is 6.26 Å². The number of morpholine rings is 1. The van der Waals surface area contributed by atoms with Gasteiger partial charge in [-0.05, 0) is 11.6 Å². The Hall–Kier alpha value is -1.65. The molecule has 1 atom stereocenters. The van der Waals surface area contributed by atoms with E-state index in [4.69, 9.17) is 9.15 Å². The number of oxazole rings is 1. The van der Waals surface area contributed by atoms with E-state index in [0.717, 1.165) is 30.8 Å². The van der Waals surface area contributed by atoms with Crippen molar-refractivity contribution in [3.05, 3.63) is 42.3 Å². The molecular weight excluding hydrogens is 216 g/mol. The predicted octanol–water partition coefficient (Wildman–Crippen LogP) is 2.00. The molecule has 1 unspecified atom stereocenters. The van der Waals surface area contributed by atoms with Crippen LogP contribution in [0.25, 0.3) is 11.5 Å². The Morgan fingerprint density at radius 1 is 1.29 bits per heavy atom. The molecule has 4 heteroatoms. The molecule has 2 aromatic rings. The first-order valence-corrected chi connectivity index (χ1v) is 5.76. The van der Waals surface area contributed by atoms with Crippen LogP contribution >= 0.6 is 0 Å². The summed E-state index contributed by atoms with van der Waals surface area (Å²) in [7, 11) is 0. The summed E-state index contributed by atoms with van der Waals surface area (Å²) in [4.78, 5) is 4.20. The van der Waals surface area contributed by atoms with Crippen molar-refractivity contribution >= 4 is 0 Å². The van der Waals surface area contributed by atoms with Crippen molar-refractivity contribution in [1.29, 1.82) is 0 Å². The van der Waals surface area contributed by atoms with Crippen molar-refractivity contribution in [3.8, 4) is 11.5 Å². The topological polar surface area (TPSA) is 47.3 Å². The summed E-state index contributed by atoms with van der Waals surface area (Å²) in [6, 6.07) is 8.08. The number of ether oxygens (including phenoxy) is 1. The summed E-state index contributed by atoms with van der Waals surface area (Å²) in [6.45, 7) is 2.49. The molecule has 0 saturated carbocycles. The van der Waals surface area contributed by atoms with Crippen LogP contribution < -0.4 is 5.32 Å². The van der Waals surface area contributed by atoms with Crippen molar-refractivity contribution < 1.29 is 9.15 Å². The second-order valence-corrected chi connectivity index (χ2v) is 3.99. The lowest BCUT2D eigenvalue weighted by atomic mass is 10.0. The maximum Gasteiger partial charge on any atom is 0.226 e. The van der Waals surface area contributed by atoms with E-state index in [0.29, 0.717) is 5.89 Å². The molecule has 17 heavy (non-hydrogen) atoms. The van der Waals surface area contributed by atoms with Crippen LogP contribution in [0, 0.1) is 0 Å². The lowest BCUT2D eigenvalue weighted by Crippen LogP contribution is -2.33. The van der Waals surface area contributed by atoms with Gasteiger partial charge in [-0.15, -0.1) is 0 Å². The average Bonchev–Trinajstić information content (AvgIpc) is 2.94. The predicted molar refractivity (Wildman–Crippen MR) is 63.5 cm³/mol. The highest BCUT2D eigenvalue weighted by atomic mass is 16.5. The maximum absolute atomic E-state index is 5.77. The third kappa shape index (κ3) is 2.09. The zero-order chi connectivity index (χ0) is 11.5. The molecule has 1 aromatic heterocycles. The first-order valence-electron chi connectivity index (χ1n) is 5.76. The van der Waals surface area contributed by atoms with E-state index in [9.17, 15) is 0 Å². The minimum Gasteiger partial charge on any atom is -0.445 e. The molecule has 0 aliphatic carbocycles. The van der Waals surface area contributed by atoms with Crippen LogP contribution in [-0.4, -0.2) is 24.7 Å². The molecule has 2 heterocycles. The van der Waals surface area contributed by atoms with E-state index in [1.165, 1.54) is 0 Å². The minimum atomic E-state index is 0.0758. The van der Waals surface area contributed by atoms with Gasteiger partial charge in [0.2, 0.25) is 5.89 Å². The molecule has 1 fully saturated rings. The highest BCUT2D eigenvalue weighted by Crippen LogP contribution is 2.29. The molecule has 0 radical (unpaired) electrons. The number of hydrogen-bond donors (Lipinski definition) is 1. The van der Waals surface area contributed by atoms with Gasteiger partial charge in [0, 0.05) is 18.7 Å². The molecule has 0 bridgehead atoms. The third-order valence-electron chi connectivity index (χ3n) is 2.90. The molecule has 1 aliphatic heterocycles. The second kappa shape index (κ2) is 4.69. The Balaban J connectivity index is 1.98. The summed E-state index contributed by atoms with van der Waals surface area (Å²) in [5, 5.41) is 3.33. The standard InChI is InChI=1S/C13H14N2O2/c1-2-4-11(13-15-6-8-17-13)10(3-1)12-9-14-5-7-16-12/h1-4,6,8,12,14H,5,7,9H2. The minimum absolute atomic E-state index is 0.0758. The highest BCUT2D eigenvalue weighted by molar-refractivity contribution is 5.59. The number of hydrogen-bond acceptors (Lipinski definition) is 4. The number of nitrogens with zero attached hydrogens (tertiary/aromatic N) is 1. The smallest absolute Gasteiger partial charge is 0.226 e. The first-order chi connectivity index (χ1) is 8.45. The van der Waals surface area contributed by atoms with Gasteiger partial charge in [0.15, 0.2) is 0 Å². The van der Waals surface area contributed by atoms with Gasteiger partial charge in [-0.2, -0.15) is 0 Å². The Morgan fingerprint density at radius 3 is 3.00 bits per heavy atom. The van der Waals surface area contributed by atoms with E-state index in [2.05, 4.69) is 16.4 Å². The number of rotatable bonds is 2. The van der Waals surface area contributed by atoms with Crippen molar-refractivity contribution in [1.82, 2.24) is 10.3 Å². The molecule has 1 N–H and O–H groups in total. The van der Waals surface area contributed by atoms with Crippen LogP contribution in [-0.2, 0) is 4.74 Å². The van der Waals surface area contributed by atoms with Gasteiger partial charge in [-0.3, -0.25) is 0 Å². The van der Waals surface area contributed by atoms with Crippen molar-refractivity contribution in [3.63, 3.8) is 0 Å². The molecule has 4 nitrogen and oxygen atoms in total. The van der Waals surface area contributed by atoms with Crippen molar-refractivity contribution in [2.45, 2.75) is 6.10 Å². The van der Waals surface area contributed by atoms with Gasteiger partial charge in [-0.1, -0.05) is 18.2 Å². The molecule has 88 valence electrons. The quantitative estimate of drug-likeness (QED) is 0.857. The maximum atomic E-state index is 5.77. The highest BCUT2D eigenvalue weighted by Gasteiger charge is 2.20. The van der Waals surface area contributed by atoms with Gasteiger partial charge in [0.25, 0.3) is 0 Å². The van der Waals surface area contributed by atoms with E-state index in [1.807, 2.05) is 18.2 Å². The van der Waals surface area contributed by atoms with E-state index < -0.39 is 0 Å². The van der Waals surface area contributed by atoms with Crippen LogP contribution in [0.1, 0.15) is 11.7 Å². The molecule has 1 aromatic carbocycles. The van der Waals surface area contributed by atoms with Crippen LogP contribution in [0.5, 0.6) is 0 Å². The normalized spacial score (nSPS) is 20.4. The summed E-state index contributed by atoms with van der Waals surface area (Å²) >= 11 is 0. The summed E-state index contributed by atoms with van der Waals surface area (Å²) in [5.74, 6) is 0.648. The summed E-state index contributed by atoms with van der Waals surface area (Å²) in [5.41, 5.74) is 2.13. The number of nitrogens with one attached hydrogen (secondary N) is 1. The summed E-state index contributed by atoms with van der Waals surface area (Å²) < 4.78 is 11.1. The fraction of sp³-hybridized carbons (Fsp3) is 0.308. The lowest BCUT2D eigenvalue weighted by Gasteiger charge is -2.25. The Labute approximate surface area is 99.6 Å². The molecule has 1 aliphatic rings. The Bertz CT molecular complexity index is 476. The number of benzene rings is 1. The molecule has 1 saturated heterocycles. The van der Waals surface area contributed by atoms with Gasteiger partial charge in [0.05, 0.1) is 18.9 Å². The van der Waals surface area contributed by atoms with E-state index in [-0.39, 0.29) is 6.10 Å². The van der Waals surface area contributed by atoms with E-state index in [1.54, 1.807) is 12.5 Å². The largest absolute Gasteiger partial charge is 0.445 e.